The zero-order valence-electron chi connectivity index (χ0n) is 20.0. The molecule has 2 aromatic rings. The molecule has 34 heavy (non-hydrogen) atoms. The second kappa shape index (κ2) is 10.1. The Morgan fingerprint density at radius 3 is 2.47 bits per heavy atom. The number of carbonyl (C=O) groups is 1. The number of hydrogen-bond donors (Lipinski definition) is 1. The highest BCUT2D eigenvalue weighted by molar-refractivity contribution is 6.29. The summed E-state index contributed by atoms with van der Waals surface area (Å²) in [6.45, 7) is 10.2. The number of benzene rings is 1. The topological polar surface area (TPSA) is 97.0 Å². The van der Waals surface area contributed by atoms with Crippen molar-refractivity contribution >= 4 is 34.9 Å². The maximum absolute atomic E-state index is 12.4. The second-order valence-electron chi connectivity index (χ2n) is 9.72. The number of halogens is 1. The standard InChI is InChI=1S/C24H33ClN6O3/c1-24(2,3)34-23(32)30-12-10-29(11-13-30)17-6-4-7-18(14-17)31-9-5-8-19(16-31)33-20-15-21(25)27-28-22(20)26/h4,6-7,14-15,19H,5,8-13,16H2,1-3H3,(H2,26,28). The summed E-state index contributed by atoms with van der Waals surface area (Å²) in [5, 5.41) is 7.84. The largest absolute Gasteiger partial charge is 0.485 e. The molecular formula is C24H33ClN6O3. The van der Waals surface area contributed by atoms with E-state index in [0.717, 1.165) is 50.4 Å². The van der Waals surface area contributed by atoms with Crippen LogP contribution in [0.2, 0.25) is 5.15 Å². The quantitative estimate of drug-likeness (QED) is 0.693. The van der Waals surface area contributed by atoms with Gasteiger partial charge >= 0.3 is 6.09 Å². The number of anilines is 3. The van der Waals surface area contributed by atoms with Gasteiger partial charge in [-0.25, -0.2) is 4.79 Å². The number of piperidine rings is 1. The molecule has 1 atom stereocenters. The molecule has 1 unspecified atom stereocenters. The van der Waals surface area contributed by atoms with Crippen LogP contribution < -0.4 is 20.3 Å². The first kappa shape index (κ1) is 24.2. The molecule has 2 fully saturated rings. The summed E-state index contributed by atoms with van der Waals surface area (Å²) in [6, 6.07) is 10.2. The maximum Gasteiger partial charge on any atom is 0.410 e. The van der Waals surface area contributed by atoms with Crippen LogP contribution in [0, 0.1) is 0 Å². The van der Waals surface area contributed by atoms with E-state index in [9.17, 15) is 4.79 Å². The molecule has 1 amide bonds. The number of rotatable bonds is 4. The molecule has 0 bridgehead atoms. The fourth-order valence-corrected chi connectivity index (χ4v) is 4.40. The molecule has 10 heteroatoms. The predicted molar refractivity (Wildman–Crippen MR) is 134 cm³/mol. The van der Waals surface area contributed by atoms with E-state index in [1.807, 2.05) is 20.8 Å². The first-order valence-corrected chi connectivity index (χ1v) is 12.1. The molecule has 2 saturated heterocycles. The van der Waals surface area contributed by atoms with E-state index in [1.165, 1.54) is 0 Å². The van der Waals surface area contributed by atoms with Crippen LogP contribution in [-0.2, 0) is 4.74 Å². The Kier molecular flexibility index (Phi) is 7.21. The summed E-state index contributed by atoms with van der Waals surface area (Å²) < 4.78 is 11.6. The molecule has 2 N–H and O–H groups in total. The molecular weight excluding hydrogens is 456 g/mol. The number of piperazine rings is 1. The molecule has 0 radical (unpaired) electrons. The zero-order chi connectivity index (χ0) is 24.3. The minimum absolute atomic E-state index is 0.0163. The van der Waals surface area contributed by atoms with E-state index in [-0.39, 0.29) is 23.2 Å². The number of nitrogens with two attached hydrogens (primary N) is 1. The number of nitrogens with zero attached hydrogens (tertiary/aromatic N) is 5. The molecule has 1 aromatic heterocycles. The van der Waals surface area contributed by atoms with Gasteiger partial charge in [-0.15, -0.1) is 10.2 Å². The van der Waals surface area contributed by atoms with Gasteiger partial charge in [-0.05, 0) is 51.8 Å². The van der Waals surface area contributed by atoms with Crippen LogP contribution >= 0.6 is 11.6 Å². The van der Waals surface area contributed by atoms with Crippen LogP contribution in [0.3, 0.4) is 0 Å². The normalized spacial score (nSPS) is 19.2. The molecule has 4 rings (SSSR count). The minimum atomic E-state index is -0.482. The first-order valence-electron chi connectivity index (χ1n) is 11.7. The van der Waals surface area contributed by atoms with Gasteiger partial charge in [0.05, 0.1) is 6.54 Å². The Morgan fingerprint density at radius 2 is 1.76 bits per heavy atom. The molecule has 9 nitrogen and oxygen atoms in total. The Balaban J connectivity index is 1.37. The van der Waals surface area contributed by atoms with Crippen LogP contribution in [0.4, 0.5) is 22.0 Å². The van der Waals surface area contributed by atoms with E-state index in [2.05, 4.69) is 44.3 Å². The highest BCUT2D eigenvalue weighted by Crippen LogP contribution is 2.29. The third kappa shape index (κ3) is 6.14. The third-order valence-electron chi connectivity index (χ3n) is 5.92. The van der Waals surface area contributed by atoms with Crippen molar-refractivity contribution in [1.29, 1.82) is 0 Å². The molecule has 0 spiro atoms. The van der Waals surface area contributed by atoms with Crippen molar-refractivity contribution in [3.05, 3.63) is 35.5 Å². The third-order valence-corrected chi connectivity index (χ3v) is 6.10. The van der Waals surface area contributed by atoms with Gasteiger partial charge in [0.1, 0.15) is 11.7 Å². The van der Waals surface area contributed by atoms with Crippen LogP contribution in [0.15, 0.2) is 30.3 Å². The van der Waals surface area contributed by atoms with Gasteiger partial charge in [-0.1, -0.05) is 17.7 Å². The van der Waals surface area contributed by atoms with Crippen LogP contribution in [-0.4, -0.2) is 72.2 Å². The van der Waals surface area contributed by atoms with Gasteiger partial charge in [0.25, 0.3) is 0 Å². The zero-order valence-corrected chi connectivity index (χ0v) is 20.8. The number of ether oxygens (including phenoxy) is 2. The lowest BCUT2D eigenvalue weighted by Gasteiger charge is -2.38. The van der Waals surface area contributed by atoms with Gasteiger partial charge in [-0.2, -0.15) is 0 Å². The van der Waals surface area contributed by atoms with E-state index < -0.39 is 5.60 Å². The maximum atomic E-state index is 12.4. The van der Waals surface area contributed by atoms with Gasteiger partial charge in [-0.3, -0.25) is 0 Å². The lowest BCUT2D eigenvalue weighted by Crippen LogP contribution is -2.50. The van der Waals surface area contributed by atoms with E-state index in [0.29, 0.717) is 18.8 Å². The fourth-order valence-electron chi connectivity index (χ4n) is 4.26. The predicted octanol–water partition coefficient (Wildman–Crippen LogP) is 3.82. The molecule has 0 saturated carbocycles. The van der Waals surface area contributed by atoms with Crippen molar-refractivity contribution in [2.24, 2.45) is 0 Å². The summed E-state index contributed by atoms with van der Waals surface area (Å²) in [4.78, 5) is 18.8. The summed E-state index contributed by atoms with van der Waals surface area (Å²) >= 11 is 5.95. The summed E-state index contributed by atoms with van der Waals surface area (Å²) in [5.41, 5.74) is 7.73. The first-order chi connectivity index (χ1) is 16.2. The Morgan fingerprint density at radius 1 is 1.06 bits per heavy atom. The Labute approximate surface area is 205 Å². The minimum Gasteiger partial charge on any atom is -0.485 e. The Hall–Kier alpha value is -2.94. The molecule has 184 valence electrons. The highest BCUT2D eigenvalue weighted by atomic mass is 35.5. The summed E-state index contributed by atoms with van der Waals surface area (Å²) in [5.74, 6) is 0.720. The van der Waals surface area contributed by atoms with Crippen molar-refractivity contribution in [3.8, 4) is 5.75 Å². The van der Waals surface area contributed by atoms with Crippen molar-refractivity contribution in [3.63, 3.8) is 0 Å². The lowest BCUT2D eigenvalue weighted by molar-refractivity contribution is 0.0240. The monoisotopic (exact) mass is 488 g/mol. The molecule has 3 heterocycles. The summed E-state index contributed by atoms with van der Waals surface area (Å²) in [7, 11) is 0. The van der Waals surface area contributed by atoms with Crippen LogP contribution in [0.5, 0.6) is 5.75 Å². The van der Waals surface area contributed by atoms with Crippen molar-refractivity contribution in [2.75, 3.05) is 54.8 Å². The van der Waals surface area contributed by atoms with E-state index in [4.69, 9.17) is 26.8 Å². The number of carbonyl (C=O) groups excluding carboxylic acids is 1. The lowest BCUT2D eigenvalue weighted by atomic mass is 10.1. The van der Waals surface area contributed by atoms with E-state index >= 15 is 0 Å². The van der Waals surface area contributed by atoms with Gasteiger partial charge in [0.2, 0.25) is 0 Å². The van der Waals surface area contributed by atoms with Crippen molar-refractivity contribution in [1.82, 2.24) is 15.1 Å². The van der Waals surface area contributed by atoms with E-state index in [1.54, 1.807) is 11.0 Å². The van der Waals surface area contributed by atoms with Gasteiger partial charge in [0.15, 0.2) is 16.7 Å². The molecule has 0 aliphatic carbocycles. The average Bonchev–Trinajstić information content (AvgIpc) is 2.81. The van der Waals surface area contributed by atoms with Crippen LogP contribution in [0.25, 0.3) is 0 Å². The van der Waals surface area contributed by atoms with Gasteiger partial charge in [0, 0.05) is 50.2 Å². The number of nitrogen functional groups attached to an aromatic ring is 1. The van der Waals surface area contributed by atoms with Crippen molar-refractivity contribution in [2.45, 2.75) is 45.3 Å². The molecule has 2 aliphatic heterocycles. The number of hydrogen-bond acceptors (Lipinski definition) is 8. The number of aromatic nitrogens is 2. The smallest absolute Gasteiger partial charge is 0.410 e. The second-order valence-corrected chi connectivity index (χ2v) is 10.1. The van der Waals surface area contributed by atoms with Crippen molar-refractivity contribution < 1.29 is 14.3 Å². The number of amides is 1. The molecule has 2 aliphatic rings. The highest BCUT2D eigenvalue weighted by Gasteiger charge is 2.27. The Bertz CT molecular complexity index is 1010. The SMILES string of the molecule is CC(C)(C)OC(=O)N1CCN(c2cccc(N3CCCC(Oc4cc(Cl)nnc4N)C3)c2)CC1. The average molecular weight is 489 g/mol. The van der Waals surface area contributed by atoms with Crippen LogP contribution in [0.1, 0.15) is 33.6 Å². The fraction of sp³-hybridized carbons (Fsp3) is 0.542. The van der Waals surface area contributed by atoms with Gasteiger partial charge < -0.3 is 29.9 Å². The summed E-state index contributed by atoms with van der Waals surface area (Å²) in [6.07, 6.45) is 1.68. The molecule has 1 aromatic carbocycles.